The molecule has 29 heavy (non-hydrogen) atoms. The van der Waals surface area contributed by atoms with Gasteiger partial charge in [-0.3, -0.25) is 24.6 Å². The van der Waals surface area contributed by atoms with Gasteiger partial charge in [0.2, 0.25) is 17.7 Å². The Morgan fingerprint density at radius 3 is 2.69 bits per heavy atom. The van der Waals surface area contributed by atoms with Crippen LogP contribution in [0.2, 0.25) is 0 Å². The minimum Gasteiger partial charge on any atom is -0.392 e. The maximum atomic E-state index is 13.4. The fraction of sp³-hybridized carbons (Fsp3) is 0.571. The number of amides is 3. The Bertz CT molecular complexity index is 870. The maximum Gasteiger partial charge on any atom is 0.250 e. The van der Waals surface area contributed by atoms with E-state index in [9.17, 15) is 19.5 Å². The van der Waals surface area contributed by atoms with Crippen molar-refractivity contribution < 1.29 is 24.2 Å². The van der Waals surface area contributed by atoms with E-state index in [1.165, 1.54) is 4.90 Å². The van der Waals surface area contributed by atoms with Gasteiger partial charge in [-0.05, 0) is 25.3 Å². The third-order valence-electron chi connectivity index (χ3n) is 6.49. The molecule has 3 amide bonds. The molecule has 0 aliphatic carbocycles. The van der Waals surface area contributed by atoms with E-state index < -0.39 is 29.5 Å². The third-order valence-corrected chi connectivity index (χ3v) is 6.49. The van der Waals surface area contributed by atoms with Crippen LogP contribution in [0.15, 0.2) is 18.2 Å². The van der Waals surface area contributed by atoms with Crippen LogP contribution >= 0.6 is 0 Å². The molecular weight excluding hydrogens is 374 g/mol. The summed E-state index contributed by atoms with van der Waals surface area (Å²) in [4.78, 5) is 41.1. The second-order valence-electron chi connectivity index (χ2n) is 8.04. The first-order chi connectivity index (χ1) is 13.9. The summed E-state index contributed by atoms with van der Waals surface area (Å²) < 4.78 is 5.04. The quantitative estimate of drug-likeness (QED) is 0.470. The van der Waals surface area contributed by atoms with Gasteiger partial charge in [0, 0.05) is 37.6 Å². The average Bonchev–Trinajstić information content (AvgIpc) is 3.28. The number of aryl methyl sites for hydroxylation is 1. The summed E-state index contributed by atoms with van der Waals surface area (Å²) in [6.07, 6.45) is 0.350. The largest absolute Gasteiger partial charge is 0.392 e. The molecule has 0 aromatic heterocycles. The number of aliphatic hydroxyl groups is 1. The number of ether oxygens (including phenoxy) is 1. The number of anilines is 1. The number of nitrogens with one attached hydrogen (secondary N) is 2. The zero-order chi connectivity index (χ0) is 20.9. The molecule has 1 aromatic carbocycles. The predicted octanol–water partition coefficient (Wildman–Crippen LogP) is 0.387. The minimum absolute atomic E-state index is 0.241. The number of fused-ring (bicyclic) bond motifs is 4. The number of hydrogen-bond donors (Lipinski definition) is 3. The van der Waals surface area contributed by atoms with Crippen LogP contribution in [0.1, 0.15) is 31.4 Å². The van der Waals surface area contributed by atoms with Crippen LogP contribution in [-0.4, -0.2) is 60.1 Å². The van der Waals surface area contributed by atoms with E-state index in [4.69, 9.17) is 4.74 Å². The summed E-state index contributed by atoms with van der Waals surface area (Å²) in [5, 5.41) is 16.5. The molecule has 8 nitrogen and oxygen atoms in total. The van der Waals surface area contributed by atoms with Crippen LogP contribution < -0.4 is 10.6 Å². The molecule has 2 saturated heterocycles. The molecule has 3 unspecified atom stereocenters. The van der Waals surface area contributed by atoms with E-state index in [-0.39, 0.29) is 24.3 Å². The first-order valence-corrected chi connectivity index (χ1v) is 10.1. The Morgan fingerprint density at radius 2 is 2.03 bits per heavy atom. The molecule has 4 rings (SSSR count). The number of benzene rings is 1. The molecular formula is C21H27N3O5. The lowest BCUT2D eigenvalue weighted by Gasteiger charge is -2.30. The van der Waals surface area contributed by atoms with E-state index >= 15 is 0 Å². The van der Waals surface area contributed by atoms with E-state index in [1.54, 1.807) is 14.0 Å². The SMILES string of the molecule is CCc1cccc2c1NC(=O)C21NC(C(C)O)[C@@H]2C(=O)N(CCCOC)C(=O)[C@@H]21. The summed E-state index contributed by atoms with van der Waals surface area (Å²) in [6, 6.07) is 4.94. The number of methoxy groups -OCH3 is 1. The van der Waals surface area contributed by atoms with Crippen molar-refractivity contribution in [3.05, 3.63) is 29.3 Å². The number of carbonyl (C=O) groups excluding carboxylic acids is 3. The number of likely N-dealkylation sites (tertiary alicyclic amines) is 1. The van der Waals surface area contributed by atoms with Gasteiger partial charge in [-0.1, -0.05) is 25.1 Å². The Hall–Kier alpha value is -2.29. The van der Waals surface area contributed by atoms with Crippen molar-refractivity contribution >= 4 is 23.4 Å². The zero-order valence-electron chi connectivity index (χ0n) is 16.9. The van der Waals surface area contributed by atoms with Gasteiger partial charge < -0.3 is 15.2 Å². The summed E-state index contributed by atoms with van der Waals surface area (Å²) >= 11 is 0. The Labute approximate surface area is 169 Å². The first kappa shape index (κ1) is 20.0. The lowest BCUT2D eigenvalue weighted by Crippen LogP contribution is -2.54. The van der Waals surface area contributed by atoms with Gasteiger partial charge >= 0.3 is 0 Å². The van der Waals surface area contributed by atoms with E-state index in [2.05, 4.69) is 10.6 Å². The molecule has 3 N–H and O–H groups in total. The fourth-order valence-electron chi connectivity index (χ4n) is 5.18. The standard InChI is InChI=1S/C21H27N3O5/c1-4-12-7-5-8-13-17(12)22-20(28)21(13)15-14(16(23-21)11(2)25)18(26)24(19(15)27)9-6-10-29-3/h5,7-8,11,14-16,23,25H,4,6,9-10H2,1-3H3,(H,22,28)/t11?,14-,15-,16?,21?/m1/s1. The second-order valence-corrected chi connectivity index (χ2v) is 8.04. The number of aliphatic hydroxyl groups excluding tert-OH is 1. The van der Waals surface area contributed by atoms with E-state index in [1.807, 2.05) is 25.1 Å². The van der Waals surface area contributed by atoms with Crippen LogP contribution in [-0.2, 0) is 31.1 Å². The lowest BCUT2D eigenvalue weighted by atomic mass is 9.76. The molecule has 0 saturated carbocycles. The van der Waals surface area contributed by atoms with E-state index in [0.29, 0.717) is 24.3 Å². The fourth-order valence-corrected chi connectivity index (χ4v) is 5.18. The van der Waals surface area contributed by atoms with Crippen LogP contribution in [0.3, 0.4) is 0 Å². The molecule has 156 valence electrons. The van der Waals surface area contributed by atoms with Crippen molar-refractivity contribution in [2.24, 2.45) is 11.8 Å². The van der Waals surface area contributed by atoms with Crippen LogP contribution in [0.25, 0.3) is 0 Å². The highest BCUT2D eigenvalue weighted by Gasteiger charge is 2.71. The molecule has 1 spiro atoms. The topological polar surface area (TPSA) is 108 Å². The van der Waals surface area contributed by atoms with Gasteiger partial charge in [0.15, 0.2) is 0 Å². The molecule has 2 fully saturated rings. The maximum absolute atomic E-state index is 13.4. The number of carbonyl (C=O) groups is 3. The smallest absolute Gasteiger partial charge is 0.250 e. The number of nitrogens with zero attached hydrogens (tertiary/aromatic N) is 1. The number of hydrogen-bond acceptors (Lipinski definition) is 6. The van der Waals surface area contributed by atoms with Gasteiger partial charge in [0.1, 0.15) is 5.54 Å². The van der Waals surface area contributed by atoms with Gasteiger partial charge in [-0.25, -0.2) is 0 Å². The number of imide groups is 1. The molecule has 3 heterocycles. The molecule has 0 bridgehead atoms. The summed E-state index contributed by atoms with van der Waals surface area (Å²) in [6.45, 7) is 4.25. The minimum atomic E-state index is -1.35. The second kappa shape index (κ2) is 7.19. The van der Waals surface area contributed by atoms with Crippen LogP contribution in [0.5, 0.6) is 0 Å². The molecule has 5 atom stereocenters. The van der Waals surface area contributed by atoms with Crippen molar-refractivity contribution in [2.45, 2.75) is 44.4 Å². The highest BCUT2D eigenvalue weighted by molar-refractivity contribution is 6.15. The Kier molecular flexibility index (Phi) is 4.96. The van der Waals surface area contributed by atoms with Gasteiger partial charge in [0.25, 0.3) is 0 Å². The van der Waals surface area contributed by atoms with Crippen molar-refractivity contribution in [3.8, 4) is 0 Å². The molecule has 0 radical (unpaired) electrons. The van der Waals surface area contributed by atoms with Crippen molar-refractivity contribution in [1.29, 1.82) is 0 Å². The van der Waals surface area contributed by atoms with Gasteiger partial charge in [-0.2, -0.15) is 0 Å². The van der Waals surface area contributed by atoms with E-state index in [0.717, 1.165) is 12.0 Å². The van der Waals surface area contributed by atoms with Crippen LogP contribution in [0.4, 0.5) is 5.69 Å². The summed E-state index contributed by atoms with van der Waals surface area (Å²) in [5.74, 6) is -2.71. The Morgan fingerprint density at radius 1 is 1.28 bits per heavy atom. The zero-order valence-corrected chi connectivity index (χ0v) is 16.9. The lowest BCUT2D eigenvalue weighted by molar-refractivity contribution is -0.143. The number of rotatable bonds is 6. The van der Waals surface area contributed by atoms with Crippen LogP contribution in [0, 0.1) is 11.8 Å². The third kappa shape index (κ3) is 2.66. The normalized spacial score (nSPS) is 31.4. The monoisotopic (exact) mass is 401 g/mol. The highest BCUT2D eigenvalue weighted by atomic mass is 16.5. The van der Waals surface area contributed by atoms with Crippen molar-refractivity contribution in [2.75, 3.05) is 25.6 Å². The molecule has 1 aromatic rings. The first-order valence-electron chi connectivity index (χ1n) is 10.1. The summed E-state index contributed by atoms with van der Waals surface area (Å²) in [7, 11) is 1.57. The van der Waals surface area contributed by atoms with Crippen molar-refractivity contribution in [1.82, 2.24) is 10.2 Å². The predicted molar refractivity (Wildman–Crippen MR) is 105 cm³/mol. The molecule has 3 aliphatic heterocycles. The molecule has 8 heteroatoms. The average molecular weight is 401 g/mol. The summed E-state index contributed by atoms with van der Waals surface area (Å²) in [5.41, 5.74) is 1.01. The number of para-hydroxylation sites is 1. The highest BCUT2D eigenvalue weighted by Crippen LogP contribution is 2.53. The van der Waals surface area contributed by atoms with Gasteiger partial charge in [0.05, 0.1) is 17.9 Å². The van der Waals surface area contributed by atoms with Gasteiger partial charge in [-0.15, -0.1) is 0 Å². The molecule has 3 aliphatic rings. The van der Waals surface area contributed by atoms with Crippen molar-refractivity contribution in [3.63, 3.8) is 0 Å². The Balaban J connectivity index is 1.82.